The van der Waals surface area contributed by atoms with Gasteiger partial charge in [0, 0.05) is 17.8 Å². The SMILES string of the molecule is CC(F)(P(=O)(O)O)P(=O)(O)OC[C@H]1O[C@@H](n2ccc(=O)n(CC(F)(F)c3ccccc3)c2=O)C(O)[C@H]1O. The van der Waals surface area contributed by atoms with Crippen molar-refractivity contribution in [3.8, 4) is 0 Å². The summed E-state index contributed by atoms with van der Waals surface area (Å²) in [4.78, 5) is 52.7. The van der Waals surface area contributed by atoms with E-state index in [0.717, 1.165) is 24.4 Å². The van der Waals surface area contributed by atoms with E-state index in [9.17, 15) is 47.0 Å². The molecular weight excluding hydrogens is 551 g/mol. The summed E-state index contributed by atoms with van der Waals surface area (Å²) in [7, 11) is -11.5. The van der Waals surface area contributed by atoms with E-state index in [1.54, 1.807) is 0 Å². The number of hydrogen-bond donors (Lipinski definition) is 5. The molecule has 5 N–H and O–H groups in total. The molecule has 206 valence electrons. The first kappa shape index (κ1) is 29.4. The van der Waals surface area contributed by atoms with Crippen LogP contribution in [0.1, 0.15) is 18.7 Å². The first-order valence-electron chi connectivity index (χ1n) is 10.4. The lowest BCUT2D eigenvalue weighted by molar-refractivity contribution is -0.0561. The van der Waals surface area contributed by atoms with Crippen LogP contribution in [0.15, 0.2) is 52.2 Å². The summed E-state index contributed by atoms with van der Waals surface area (Å²) < 4.78 is 77.3. The standard InChI is InChI=1S/C19H23F3N2O11P2/c1-18(20,36(29,30)31)37(32,33)34-9-12-14(26)15(27)16(35-12)23-8-7-13(25)24(17(23)28)10-19(21,22)11-5-3-2-4-6-11/h2-8,12,14-16,26-27H,9-10H2,1H3,(H,32,33)(H2,29,30,31)/t12-,14+,15?,16-,18?/m1/s1. The Morgan fingerprint density at radius 1 is 1.03 bits per heavy atom. The molecule has 6 atom stereocenters. The van der Waals surface area contributed by atoms with Crippen molar-refractivity contribution in [2.45, 2.75) is 49.1 Å². The van der Waals surface area contributed by atoms with Crippen LogP contribution in [0.3, 0.4) is 0 Å². The summed E-state index contributed by atoms with van der Waals surface area (Å²) in [6, 6.07) is 7.06. The van der Waals surface area contributed by atoms with E-state index in [1.165, 1.54) is 18.2 Å². The molecule has 0 amide bonds. The fourth-order valence-corrected chi connectivity index (χ4v) is 5.47. The Labute approximate surface area is 206 Å². The molecule has 2 aromatic rings. The zero-order valence-electron chi connectivity index (χ0n) is 18.9. The maximum Gasteiger partial charge on any atom is 0.377 e. The predicted molar refractivity (Wildman–Crippen MR) is 119 cm³/mol. The molecule has 1 aliphatic rings. The lowest BCUT2D eigenvalue weighted by Crippen LogP contribution is -2.45. The van der Waals surface area contributed by atoms with Crippen LogP contribution in [-0.4, -0.2) is 64.1 Å². The van der Waals surface area contributed by atoms with Crippen LogP contribution in [0.4, 0.5) is 13.2 Å². The number of benzene rings is 1. The average Bonchev–Trinajstić information content (AvgIpc) is 3.09. The van der Waals surface area contributed by atoms with Crippen LogP contribution < -0.4 is 11.2 Å². The number of hydrogen-bond acceptors (Lipinski definition) is 8. The van der Waals surface area contributed by atoms with Crippen molar-refractivity contribution in [3.05, 3.63) is 69.0 Å². The Kier molecular flexibility index (Phi) is 8.12. The van der Waals surface area contributed by atoms with E-state index in [1.807, 2.05) is 0 Å². The van der Waals surface area contributed by atoms with Gasteiger partial charge in [-0.1, -0.05) is 30.3 Å². The zero-order chi connectivity index (χ0) is 28.0. The highest BCUT2D eigenvalue weighted by molar-refractivity contribution is 7.72. The number of alkyl halides is 3. The topological polar surface area (TPSA) is 198 Å². The molecule has 0 radical (unpaired) electrons. The molecule has 2 heterocycles. The monoisotopic (exact) mass is 574 g/mol. The Morgan fingerprint density at radius 2 is 1.62 bits per heavy atom. The van der Waals surface area contributed by atoms with Crippen molar-refractivity contribution in [2.75, 3.05) is 6.61 Å². The molecule has 0 aliphatic carbocycles. The molecule has 1 aromatic heterocycles. The van der Waals surface area contributed by atoms with Gasteiger partial charge in [0.2, 0.25) is 0 Å². The lowest BCUT2D eigenvalue weighted by atomic mass is 10.1. The van der Waals surface area contributed by atoms with Crippen LogP contribution in [-0.2, 0) is 30.9 Å². The maximum absolute atomic E-state index is 14.7. The number of halogens is 3. The largest absolute Gasteiger partial charge is 0.387 e. The first-order valence-corrected chi connectivity index (χ1v) is 13.6. The van der Waals surface area contributed by atoms with Crippen molar-refractivity contribution >= 4 is 15.2 Å². The number of aliphatic hydroxyl groups excluding tert-OH is 2. The van der Waals surface area contributed by atoms with Gasteiger partial charge in [0.05, 0.1) is 13.2 Å². The van der Waals surface area contributed by atoms with Crippen LogP contribution >= 0.6 is 15.2 Å². The number of aliphatic hydroxyl groups is 2. The van der Waals surface area contributed by atoms with Gasteiger partial charge in [-0.3, -0.25) is 23.1 Å². The Balaban J connectivity index is 1.85. The van der Waals surface area contributed by atoms with Crippen molar-refractivity contribution < 1.29 is 56.5 Å². The number of ether oxygens (including phenoxy) is 1. The Bertz CT molecular complexity index is 1340. The molecule has 0 spiro atoms. The number of aromatic nitrogens is 2. The molecule has 1 aliphatic heterocycles. The zero-order valence-corrected chi connectivity index (χ0v) is 20.7. The van der Waals surface area contributed by atoms with Gasteiger partial charge >= 0.3 is 26.0 Å². The minimum atomic E-state index is -5.79. The third-order valence-corrected chi connectivity index (χ3v) is 9.85. The lowest BCUT2D eigenvalue weighted by Gasteiger charge is -2.27. The Hall–Kier alpha value is -2.13. The van der Waals surface area contributed by atoms with Crippen molar-refractivity contribution in [1.82, 2.24) is 9.13 Å². The van der Waals surface area contributed by atoms with Gasteiger partial charge < -0.3 is 34.2 Å². The van der Waals surface area contributed by atoms with Gasteiger partial charge in [0.25, 0.3) is 11.5 Å². The normalized spacial score (nSPS) is 26.0. The van der Waals surface area contributed by atoms with Gasteiger partial charge in [-0.25, -0.2) is 9.18 Å². The maximum atomic E-state index is 14.7. The second-order valence-electron chi connectivity index (χ2n) is 8.31. The summed E-state index contributed by atoms with van der Waals surface area (Å²) in [5.41, 5.74) is -2.94. The third-order valence-electron chi connectivity index (χ3n) is 5.72. The number of rotatable bonds is 9. The smallest absolute Gasteiger partial charge is 0.377 e. The highest BCUT2D eigenvalue weighted by Gasteiger charge is 2.60. The van der Waals surface area contributed by atoms with Crippen LogP contribution in [0, 0.1) is 0 Å². The van der Waals surface area contributed by atoms with Crippen molar-refractivity contribution in [1.29, 1.82) is 0 Å². The fourth-order valence-electron chi connectivity index (χ4n) is 3.40. The molecule has 1 fully saturated rings. The first-order chi connectivity index (χ1) is 16.9. The third kappa shape index (κ3) is 5.67. The minimum Gasteiger partial charge on any atom is -0.387 e. The number of nitrogens with zero attached hydrogens (tertiary/aromatic N) is 2. The van der Waals surface area contributed by atoms with Gasteiger partial charge in [0.1, 0.15) is 18.3 Å². The van der Waals surface area contributed by atoms with Crippen LogP contribution in [0.2, 0.25) is 0 Å². The molecule has 3 unspecified atom stereocenters. The molecule has 1 aromatic carbocycles. The molecule has 37 heavy (non-hydrogen) atoms. The molecule has 3 rings (SSSR count). The molecule has 1 saturated heterocycles. The second kappa shape index (κ2) is 10.2. The molecule has 0 saturated carbocycles. The summed E-state index contributed by atoms with van der Waals surface area (Å²) in [5.74, 6) is -3.66. The van der Waals surface area contributed by atoms with Crippen molar-refractivity contribution in [3.63, 3.8) is 0 Å². The summed E-state index contributed by atoms with van der Waals surface area (Å²) >= 11 is 0. The minimum absolute atomic E-state index is 0.131. The van der Waals surface area contributed by atoms with Gasteiger partial charge in [-0.2, -0.15) is 8.78 Å². The van der Waals surface area contributed by atoms with Gasteiger partial charge in [0.15, 0.2) is 6.23 Å². The van der Waals surface area contributed by atoms with Gasteiger partial charge in [-0.15, -0.1) is 0 Å². The van der Waals surface area contributed by atoms with E-state index in [2.05, 4.69) is 4.52 Å². The van der Waals surface area contributed by atoms with Crippen LogP contribution in [0.25, 0.3) is 0 Å². The fraction of sp³-hybridized carbons (Fsp3) is 0.474. The average molecular weight is 574 g/mol. The summed E-state index contributed by atoms with van der Waals surface area (Å²) in [6.45, 7) is -2.42. The predicted octanol–water partition coefficient (Wildman–Crippen LogP) is 0.444. The highest BCUT2D eigenvalue weighted by Crippen LogP contribution is 2.72. The highest BCUT2D eigenvalue weighted by atomic mass is 31.2. The van der Waals surface area contributed by atoms with E-state index in [4.69, 9.17) is 14.5 Å². The second-order valence-corrected chi connectivity index (χ2v) is 12.7. The van der Waals surface area contributed by atoms with Gasteiger partial charge in [-0.05, 0) is 6.92 Å². The van der Waals surface area contributed by atoms with E-state index in [-0.39, 0.29) is 11.5 Å². The Morgan fingerprint density at radius 3 is 2.19 bits per heavy atom. The molecular formula is C19H23F3N2O11P2. The van der Waals surface area contributed by atoms with Crippen molar-refractivity contribution in [2.24, 2.45) is 0 Å². The molecule has 0 bridgehead atoms. The molecule has 18 heteroatoms. The van der Waals surface area contributed by atoms with E-state index < -0.39 is 80.8 Å². The molecule has 13 nitrogen and oxygen atoms in total. The quantitative estimate of drug-likeness (QED) is 0.261. The van der Waals surface area contributed by atoms with Crippen LogP contribution in [0.5, 0.6) is 0 Å². The van der Waals surface area contributed by atoms with E-state index >= 15 is 0 Å². The summed E-state index contributed by atoms with van der Waals surface area (Å²) in [6.07, 6.45) is -6.68. The van der Waals surface area contributed by atoms with E-state index in [0.29, 0.717) is 4.57 Å². The summed E-state index contributed by atoms with van der Waals surface area (Å²) in [5, 5.41) is 16.5.